The normalized spacial score (nSPS) is 16.1. The molecule has 0 aliphatic carbocycles. The monoisotopic (exact) mass is 299 g/mol. The number of methoxy groups -OCH3 is 1. The van der Waals surface area contributed by atoms with E-state index in [2.05, 4.69) is 24.1 Å². The first-order chi connectivity index (χ1) is 9.70. The van der Waals surface area contributed by atoms with Crippen LogP contribution in [0.5, 0.6) is 0 Å². The number of nitrogens with one attached hydrogen (secondary N) is 1. The minimum atomic E-state index is 0.583. The molecule has 0 amide bonds. The highest BCUT2D eigenvalue weighted by Gasteiger charge is 2.18. The molecule has 0 radical (unpaired) electrons. The Hall–Kier alpha value is -0.690. The van der Waals surface area contributed by atoms with Gasteiger partial charge in [-0.1, -0.05) is 13.8 Å². The number of morpholine rings is 1. The molecule has 0 unspecified atom stereocenters. The summed E-state index contributed by atoms with van der Waals surface area (Å²) < 4.78 is 10.7. The van der Waals surface area contributed by atoms with Gasteiger partial charge in [0, 0.05) is 31.6 Å². The second kappa shape index (κ2) is 7.93. The molecule has 2 rings (SSSR count). The van der Waals surface area contributed by atoms with Gasteiger partial charge in [0.1, 0.15) is 0 Å². The van der Waals surface area contributed by atoms with Crippen molar-refractivity contribution in [2.75, 3.05) is 44.9 Å². The summed E-state index contributed by atoms with van der Waals surface area (Å²) in [6.07, 6.45) is 0. The number of hydrogen-bond acceptors (Lipinski definition) is 6. The molecule has 5 nitrogen and oxygen atoms in total. The number of rotatable bonds is 7. The maximum atomic E-state index is 5.40. The standard InChI is InChI=1S/C14H25N3O2S/c1-11(2)8-15-9-13-12(10-18-3)16-14(20-13)17-4-6-19-7-5-17/h11,15H,4-10H2,1-3H3. The third kappa shape index (κ3) is 4.41. The molecular formula is C14H25N3O2S. The maximum Gasteiger partial charge on any atom is 0.186 e. The molecule has 20 heavy (non-hydrogen) atoms. The van der Waals surface area contributed by atoms with Crippen LogP contribution in [0.25, 0.3) is 0 Å². The minimum absolute atomic E-state index is 0.583. The second-order valence-electron chi connectivity index (χ2n) is 5.42. The van der Waals surface area contributed by atoms with Crippen molar-refractivity contribution in [1.82, 2.24) is 10.3 Å². The van der Waals surface area contributed by atoms with E-state index in [0.29, 0.717) is 12.5 Å². The third-order valence-corrected chi connectivity index (χ3v) is 4.33. The predicted octanol–water partition coefficient (Wildman–Crippen LogP) is 1.87. The molecule has 1 N–H and O–H groups in total. The lowest BCUT2D eigenvalue weighted by molar-refractivity contribution is 0.122. The Morgan fingerprint density at radius 3 is 2.80 bits per heavy atom. The average Bonchev–Trinajstić information content (AvgIpc) is 2.83. The molecule has 0 bridgehead atoms. The van der Waals surface area contributed by atoms with Gasteiger partial charge in [-0.2, -0.15) is 0 Å². The van der Waals surface area contributed by atoms with Crippen molar-refractivity contribution in [3.05, 3.63) is 10.6 Å². The van der Waals surface area contributed by atoms with Crippen molar-refractivity contribution in [3.8, 4) is 0 Å². The summed E-state index contributed by atoms with van der Waals surface area (Å²) in [6.45, 7) is 10.4. The largest absolute Gasteiger partial charge is 0.378 e. The summed E-state index contributed by atoms with van der Waals surface area (Å²) >= 11 is 1.77. The van der Waals surface area contributed by atoms with E-state index in [4.69, 9.17) is 14.5 Å². The van der Waals surface area contributed by atoms with Crippen LogP contribution in [-0.2, 0) is 22.6 Å². The van der Waals surface area contributed by atoms with Gasteiger partial charge in [0.15, 0.2) is 5.13 Å². The van der Waals surface area contributed by atoms with Crippen molar-refractivity contribution in [3.63, 3.8) is 0 Å². The third-order valence-electron chi connectivity index (χ3n) is 3.17. The Bertz CT molecular complexity index is 403. The van der Waals surface area contributed by atoms with Crippen LogP contribution in [0.15, 0.2) is 0 Å². The van der Waals surface area contributed by atoms with E-state index in [0.717, 1.165) is 50.2 Å². The predicted molar refractivity (Wildman–Crippen MR) is 82.4 cm³/mol. The molecular weight excluding hydrogens is 274 g/mol. The highest BCUT2D eigenvalue weighted by atomic mass is 32.1. The average molecular weight is 299 g/mol. The van der Waals surface area contributed by atoms with Crippen LogP contribution in [0.3, 0.4) is 0 Å². The lowest BCUT2D eigenvalue weighted by Gasteiger charge is -2.26. The van der Waals surface area contributed by atoms with Gasteiger partial charge in [0.25, 0.3) is 0 Å². The molecule has 114 valence electrons. The van der Waals surface area contributed by atoms with Crippen molar-refractivity contribution in [2.24, 2.45) is 5.92 Å². The summed E-state index contributed by atoms with van der Waals surface area (Å²) in [7, 11) is 1.72. The molecule has 1 aliphatic rings. The molecule has 0 spiro atoms. The van der Waals surface area contributed by atoms with E-state index < -0.39 is 0 Å². The smallest absolute Gasteiger partial charge is 0.186 e. The first-order valence-electron chi connectivity index (χ1n) is 7.21. The summed E-state index contributed by atoms with van der Waals surface area (Å²) in [5, 5.41) is 4.59. The Balaban J connectivity index is 2.02. The second-order valence-corrected chi connectivity index (χ2v) is 6.49. The highest BCUT2D eigenvalue weighted by Crippen LogP contribution is 2.27. The van der Waals surface area contributed by atoms with Crippen LogP contribution in [0, 0.1) is 5.92 Å². The fraction of sp³-hybridized carbons (Fsp3) is 0.786. The van der Waals surface area contributed by atoms with E-state index >= 15 is 0 Å². The van der Waals surface area contributed by atoms with Crippen molar-refractivity contribution >= 4 is 16.5 Å². The molecule has 1 fully saturated rings. The molecule has 0 saturated carbocycles. The van der Waals surface area contributed by atoms with Crippen LogP contribution >= 0.6 is 11.3 Å². The van der Waals surface area contributed by atoms with Crippen LogP contribution in [0.4, 0.5) is 5.13 Å². The topological polar surface area (TPSA) is 46.6 Å². The van der Waals surface area contributed by atoms with E-state index in [1.807, 2.05) is 0 Å². The molecule has 1 saturated heterocycles. The lowest BCUT2D eigenvalue weighted by atomic mass is 10.2. The fourth-order valence-corrected chi connectivity index (χ4v) is 3.21. The molecule has 2 heterocycles. The number of hydrogen-bond donors (Lipinski definition) is 1. The van der Waals surface area contributed by atoms with Crippen LogP contribution in [0.2, 0.25) is 0 Å². The molecule has 6 heteroatoms. The molecule has 1 aliphatic heterocycles. The molecule has 1 aromatic heterocycles. The number of ether oxygens (including phenoxy) is 2. The van der Waals surface area contributed by atoms with Gasteiger partial charge < -0.3 is 19.7 Å². The Morgan fingerprint density at radius 1 is 1.40 bits per heavy atom. The number of anilines is 1. The van der Waals surface area contributed by atoms with Gasteiger partial charge in [-0.05, 0) is 12.5 Å². The van der Waals surface area contributed by atoms with Crippen molar-refractivity contribution in [1.29, 1.82) is 0 Å². The Morgan fingerprint density at radius 2 is 2.15 bits per heavy atom. The number of thiazole rings is 1. The minimum Gasteiger partial charge on any atom is -0.378 e. The molecule has 0 aromatic carbocycles. The number of aromatic nitrogens is 1. The Kier molecular flexibility index (Phi) is 6.22. The first kappa shape index (κ1) is 15.7. The van der Waals surface area contributed by atoms with Crippen LogP contribution in [0.1, 0.15) is 24.4 Å². The highest BCUT2D eigenvalue weighted by molar-refractivity contribution is 7.15. The van der Waals surface area contributed by atoms with E-state index in [1.165, 1.54) is 4.88 Å². The zero-order valence-electron chi connectivity index (χ0n) is 12.6. The van der Waals surface area contributed by atoms with Gasteiger partial charge in [0.2, 0.25) is 0 Å². The van der Waals surface area contributed by atoms with Gasteiger partial charge in [-0.25, -0.2) is 4.98 Å². The summed E-state index contributed by atoms with van der Waals surface area (Å²) in [6, 6.07) is 0. The quantitative estimate of drug-likeness (QED) is 0.833. The van der Waals surface area contributed by atoms with Gasteiger partial charge in [-0.15, -0.1) is 11.3 Å². The zero-order chi connectivity index (χ0) is 14.4. The van der Waals surface area contributed by atoms with Crippen LogP contribution in [-0.4, -0.2) is 44.9 Å². The zero-order valence-corrected chi connectivity index (χ0v) is 13.5. The summed E-state index contributed by atoms with van der Waals surface area (Å²) in [5.74, 6) is 0.660. The molecule has 0 atom stereocenters. The van der Waals surface area contributed by atoms with Crippen molar-refractivity contribution in [2.45, 2.75) is 27.0 Å². The summed E-state index contributed by atoms with van der Waals surface area (Å²) in [5.41, 5.74) is 1.07. The fourth-order valence-electron chi connectivity index (χ4n) is 2.12. The Labute approximate surface area is 125 Å². The van der Waals surface area contributed by atoms with E-state index in [-0.39, 0.29) is 0 Å². The van der Waals surface area contributed by atoms with Gasteiger partial charge in [0.05, 0.1) is 25.5 Å². The lowest BCUT2D eigenvalue weighted by Crippen LogP contribution is -2.36. The number of nitrogens with zero attached hydrogens (tertiary/aromatic N) is 2. The van der Waals surface area contributed by atoms with Crippen molar-refractivity contribution < 1.29 is 9.47 Å². The van der Waals surface area contributed by atoms with E-state index in [1.54, 1.807) is 18.4 Å². The molecule has 1 aromatic rings. The van der Waals surface area contributed by atoms with Crippen LogP contribution < -0.4 is 10.2 Å². The van der Waals surface area contributed by atoms with Gasteiger partial charge >= 0.3 is 0 Å². The maximum absolute atomic E-state index is 5.40. The first-order valence-corrected chi connectivity index (χ1v) is 8.03. The SMILES string of the molecule is COCc1nc(N2CCOCC2)sc1CNCC(C)C. The van der Waals surface area contributed by atoms with Gasteiger partial charge in [-0.3, -0.25) is 0 Å². The summed E-state index contributed by atoms with van der Waals surface area (Å²) in [4.78, 5) is 8.34. The van der Waals surface area contributed by atoms with E-state index in [9.17, 15) is 0 Å².